The maximum absolute atomic E-state index is 5.81. The lowest BCUT2D eigenvalue weighted by atomic mass is 10.2. The molecule has 1 saturated heterocycles. The predicted molar refractivity (Wildman–Crippen MR) is 74.4 cm³/mol. The summed E-state index contributed by atoms with van der Waals surface area (Å²) >= 11 is 0. The molecular weight excluding hydrogens is 210 g/mol. The molecule has 3 heteroatoms. The van der Waals surface area contributed by atoms with Gasteiger partial charge in [0.15, 0.2) is 0 Å². The Morgan fingerprint density at radius 2 is 2.06 bits per heavy atom. The average molecular weight is 233 g/mol. The molecule has 1 fully saturated rings. The van der Waals surface area contributed by atoms with Gasteiger partial charge in [0.25, 0.3) is 0 Å². The minimum atomic E-state index is 0.607. The molecule has 1 aromatic rings. The van der Waals surface area contributed by atoms with Gasteiger partial charge in [-0.05, 0) is 63.5 Å². The number of rotatable bonds is 4. The third-order valence-electron chi connectivity index (χ3n) is 3.64. The number of aryl methyl sites for hydroxylation is 1. The lowest BCUT2D eigenvalue weighted by Crippen LogP contribution is -2.35. The summed E-state index contributed by atoms with van der Waals surface area (Å²) in [6.45, 7) is 7.85. The molecule has 0 bridgehead atoms. The van der Waals surface area contributed by atoms with Gasteiger partial charge in [0, 0.05) is 24.0 Å². The Hall–Kier alpha value is -1.22. The van der Waals surface area contributed by atoms with E-state index in [4.69, 9.17) is 5.73 Å². The molecule has 0 spiro atoms. The molecule has 1 aliphatic rings. The summed E-state index contributed by atoms with van der Waals surface area (Å²) in [6, 6.07) is 6.75. The number of anilines is 2. The number of likely N-dealkylation sites (tertiary alicyclic amines) is 1. The molecule has 1 aromatic carbocycles. The van der Waals surface area contributed by atoms with Crippen LogP contribution in [0.2, 0.25) is 0 Å². The maximum atomic E-state index is 5.81. The lowest BCUT2D eigenvalue weighted by Gasteiger charge is -2.24. The van der Waals surface area contributed by atoms with Crippen molar-refractivity contribution < 1.29 is 0 Å². The highest BCUT2D eigenvalue weighted by molar-refractivity contribution is 5.56. The summed E-state index contributed by atoms with van der Waals surface area (Å²) in [5, 5.41) is 3.49. The summed E-state index contributed by atoms with van der Waals surface area (Å²) in [7, 11) is 0. The Kier molecular flexibility index (Phi) is 3.89. The number of hydrogen-bond donors (Lipinski definition) is 2. The zero-order valence-electron chi connectivity index (χ0n) is 10.9. The van der Waals surface area contributed by atoms with Crippen LogP contribution in [0.5, 0.6) is 0 Å². The fourth-order valence-corrected chi connectivity index (χ4v) is 2.36. The van der Waals surface area contributed by atoms with Crippen LogP contribution < -0.4 is 11.1 Å². The monoisotopic (exact) mass is 233 g/mol. The highest BCUT2D eigenvalue weighted by atomic mass is 15.2. The molecular formula is C14H23N3. The van der Waals surface area contributed by atoms with E-state index in [1.54, 1.807) is 0 Å². The van der Waals surface area contributed by atoms with Crippen molar-refractivity contribution in [2.24, 2.45) is 0 Å². The number of hydrogen-bond acceptors (Lipinski definition) is 3. The summed E-state index contributed by atoms with van der Waals surface area (Å²) in [5.74, 6) is 0. The Morgan fingerprint density at radius 3 is 2.71 bits per heavy atom. The van der Waals surface area contributed by atoms with Crippen molar-refractivity contribution in [3.05, 3.63) is 23.8 Å². The minimum absolute atomic E-state index is 0.607. The molecule has 17 heavy (non-hydrogen) atoms. The predicted octanol–water partition coefficient (Wildman–Crippen LogP) is 2.47. The first-order valence-corrected chi connectivity index (χ1v) is 6.51. The van der Waals surface area contributed by atoms with Crippen molar-refractivity contribution in [3.63, 3.8) is 0 Å². The minimum Gasteiger partial charge on any atom is -0.399 e. The molecule has 2 rings (SSSR count). The Morgan fingerprint density at radius 1 is 1.35 bits per heavy atom. The van der Waals surface area contributed by atoms with Crippen LogP contribution in [-0.4, -0.2) is 30.6 Å². The third-order valence-corrected chi connectivity index (χ3v) is 3.64. The van der Waals surface area contributed by atoms with E-state index in [2.05, 4.69) is 29.3 Å². The number of benzene rings is 1. The Bertz CT molecular complexity index is 370. The maximum Gasteiger partial charge on any atom is 0.0345 e. The van der Waals surface area contributed by atoms with Crippen LogP contribution in [0, 0.1) is 6.92 Å². The van der Waals surface area contributed by atoms with Gasteiger partial charge in [-0.1, -0.05) is 0 Å². The van der Waals surface area contributed by atoms with E-state index in [0.29, 0.717) is 6.04 Å². The number of nitrogens with one attached hydrogen (secondary N) is 1. The molecule has 1 heterocycles. The van der Waals surface area contributed by atoms with E-state index in [0.717, 1.165) is 17.8 Å². The molecule has 0 amide bonds. The number of nitrogens with zero attached hydrogens (tertiary/aromatic N) is 1. The van der Waals surface area contributed by atoms with Crippen molar-refractivity contribution in [2.75, 3.05) is 30.7 Å². The van der Waals surface area contributed by atoms with Crippen molar-refractivity contribution >= 4 is 11.4 Å². The van der Waals surface area contributed by atoms with E-state index in [9.17, 15) is 0 Å². The smallest absolute Gasteiger partial charge is 0.0345 e. The van der Waals surface area contributed by atoms with E-state index in [1.165, 1.54) is 31.6 Å². The van der Waals surface area contributed by atoms with Gasteiger partial charge in [-0.15, -0.1) is 0 Å². The van der Waals surface area contributed by atoms with Crippen LogP contribution in [0.3, 0.4) is 0 Å². The SMILES string of the molecule is Cc1cc(NCC(C)N2CCCC2)ccc1N. The van der Waals surface area contributed by atoms with Gasteiger partial charge in [-0.25, -0.2) is 0 Å². The third kappa shape index (κ3) is 3.13. The van der Waals surface area contributed by atoms with Crippen LogP contribution in [0.15, 0.2) is 18.2 Å². The van der Waals surface area contributed by atoms with Crippen molar-refractivity contribution in [3.8, 4) is 0 Å². The van der Waals surface area contributed by atoms with Crippen LogP contribution in [0.1, 0.15) is 25.3 Å². The highest BCUT2D eigenvalue weighted by Gasteiger charge is 2.17. The zero-order valence-corrected chi connectivity index (χ0v) is 10.9. The van der Waals surface area contributed by atoms with Crippen LogP contribution in [0.25, 0.3) is 0 Å². The average Bonchev–Trinajstić information content (AvgIpc) is 2.84. The van der Waals surface area contributed by atoms with Crippen LogP contribution in [0.4, 0.5) is 11.4 Å². The summed E-state index contributed by atoms with van der Waals surface area (Å²) < 4.78 is 0. The van der Waals surface area contributed by atoms with Crippen molar-refractivity contribution in [1.29, 1.82) is 0 Å². The normalized spacial score (nSPS) is 18.2. The highest BCUT2D eigenvalue weighted by Crippen LogP contribution is 2.17. The van der Waals surface area contributed by atoms with E-state index >= 15 is 0 Å². The molecule has 0 aliphatic carbocycles. The quantitative estimate of drug-likeness (QED) is 0.785. The van der Waals surface area contributed by atoms with Gasteiger partial charge >= 0.3 is 0 Å². The van der Waals surface area contributed by atoms with Gasteiger partial charge in [0.1, 0.15) is 0 Å². The largest absolute Gasteiger partial charge is 0.399 e. The van der Waals surface area contributed by atoms with Crippen LogP contribution >= 0.6 is 0 Å². The topological polar surface area (TPSA) is 41.3 Å². The van der Waals surface area contributed by atoms with E-state index in [1.807, 2.05) is 13.0 Å². The standard InChI is InChI=1S/C14H23N3/c1-11-9-13(5-6-14(11)15)16-10-12(2)17-7-3-4-8-17/h5-6,9,12,16H,3-4,7-8,10,15H2,1-2H3. The van der Waals surface area contributed by atoms with Gasteiger partial charge < -0.3 is 11.1 Å². The zero-order chi connectivity index (χ0) is 12.3. The van der Waals surface area contributed by atoms with Crippen LogP contribution in [-0.2, 0) is 0 Å². The van der Waals surface area contributed by atoms with Crippen molar-refractivity contribution in [2.45, 2.75) is 32.7 Å². The first-order valence-electron chi connectivity index (χ1n) is 6.51. The van der Waals surface area contributed by atoms with Gasteiger partial charge in [0.2, 0.25) is 0 Å². The number of nitrogen functional groups attached to an aromatic ring is 1. The van der Waals surface area contributed by atoms with Gasteiger partial charge in [-0.2, -0.15) is 0 Å². The summed E-state index contributed by atoms with van der Waals surface area (Å²) in [6.07, 6.45) is 2.70. The molecule has 94 valence electrons. The summed E-state index contributed by atoms with van der Waals surface area (Å²) in [5.41, 5.74) is 8.98. The molecule has 0 aromatic heterocycles. The molecule has 3 N–H and O–H groups in total. The first kappa shape index (κ1) is 12.2. The van der Waals surface area contributed by atoms with Gasteiger partial charge in [-0.3, -0.25) is 4.90 Å². The fraction of sp³-hybridized carbons (Fsp3) is 0.571. The fourth-order valence-electron chi connectivity index (χ4n) is 2.36. The molecule has 1 aliphatic heterocycles. The van der Waals surface area contributed by atoms with Crippen molar-refractivity contribution in [1.82, 2.24) is 4.90 Å². The second kappa shape index (κ2) is 5.41. The molecule has 1 unspecified atom stereocenters. The first-order chi connectivity index (χ1) is 8.16. The lowest BCUT2D eigenvalue weighted by molar-refractivity contribution is 0.269. The molecule has 1 atom stereocenters. The molecule has 3 nitrogen and oxygen atoms in total. The summed E-state index contributed by atoms with van der Waals surface area (Å²) in [4.78, 5) is 2.55. The molecule has 0 saturated carbocycles. The van der Waals surface area contributed by atoms with Gasteiger partial charge in [0.05, 0.1) is 0 Å². The van der Waals surface area contributed by atoms with E-state index in [-0.39, 0.29) is 0 Å². The second-order valence-corrected chi connectivity index (χ2v) is 5.04. The Balaban J connectivity index is 1.86. The second-order valence-electron chi connectivity index (χ2n) is 5.04. The van der Waals surface area contributed by atoms with E-state index < -0.39 is 0 Å². The number of nitrogens with two attached hydrogens (primary N) is 1. The Labute approximate surface area is 104 Å². The molecule has 0 radical (unpaired) electrons.